The zero-order valence-corrected chi connectivity index (χ0v) is 15.6. The molecule has 0 aromatic heterocycles. The van der Waals surface area contributed by atoms with Gasteiger partial charge in [0.15, 0.2) is 0 Å². The minimum atomic E-state index is -0.240. The van der Waals surface area contributed by atoms with Crippen LogP contribution < -0.4 is 5.73 Å². The van der Waals surface area contributed by atoms with Crippen LogP contribution in [0.4, 0.5) is 5.69 Å². The molecule has 136 valence electrons. The van der Waals surface area contributed by atoms with E-state index in [4.69, 9.17) is 17.3 Å². The van der Waals surface area contributed by atoms with Gasteiger partial charge in [0.05, 0.1) is 22.3 Å². The Kier molecular flexibility index (Phi) is 4.14. The van der Waals surface area contributed by atoms with E-state index in [1.165, 1.54) is 4.90 Å². The lowest BCUT2D eigenvalue weighted by Gasteiger charge is -2.49. The molecule has 0 aliphatic carbocycles. The Bertz CT molecular complexity index is 938. The molecule has 0 radical (unpaired) electrons. The van der Waals surface area contributed by atoms with E-state index in [1.54, 1.807) is 18.2 Å². The summed E-state index contributed by atoms with van der Waals surface area (Å²) in [6.07, 6.45) is 2.09. The van der Waals surface area contributed by atoms with Crippen LogP contribution in [-0.2, 0) is 0 Å². The Morgan fingerprint density at radius 1 is 1.08 bits per heavy atom. The highest BCUT2D eigenvalue weighted by atomic mass is 35.5. The van der Waals surface area contributed by atoms with Gasteiger partial charge in [0, 0.05) is 22.9 Å². The van der Waals surface area contributed by atoms with E-state index < -0.39 is 0 Å². The molecule has 3 saturated heterocycles. The largest absolute Gasteiger partial charge is 0.397 e. The number of halogens is 2. The second-order valence-electron chi connectivity index (χ2n) is 7.24. The van der Waals surface area contributed by atoms with Crippen molar-refractivity contribution in [2.45, 2.75) is 18.9 Å². The lowest BCUT2D eigenvalue weighted by Crippen LogP contribution is -2.60. The molecule has 2 amide bonds. The fourth-order valence-electron chi connectivity index (χ4n) is 4.70. The Hall–Kier alpha value is -1.82. The molecule has 6 rings (SSSR count). The number of nitrogen functional groups attached to an aromatic ring is 1. The molecule has 0 spiro atoms. The summed E-state index contributed by atoms with van der Waals surface area (Å²) in [5, 5.41) is 1.70. The average Bonchev–Trinajstić information content (AvgIpc) is 2.64. The first kappa shape index (κ1) is 17.6. The summed E-state index contributed by atoms with van der Waals surface area (Å²) in [5.41, 5.74) is 7.43. The van der Waals surface area contributed by atoms with E-state index in [0.29, 0.717) is 38.5 Å². The van der Waals surface area contributed by atoms with E-state index in [9.17, 15) is 9.59 Å². The molecule has 3 fully saturated rings. The van der Waals surface area contributed by atoms with Crippen LogP contribution in [0.1, 0.15) is 33.6 Å². The maximum atomic E-state index is 13.2. The molecule has 2 bridgehead atoms. The maximum Gasteiger partial charge on any atom is 0.261 e. The standard InChI is InChI=1S/C19H18ClN3O2.ClH/c20-17-11-2-1-3-12-16(11)13(8-14(17)21)19(25)23(18(12)24)15-9-22-6-4-10(15)5-7-22;/h1-3,8,10,15H,4-7,9,21H2;1H. The van der Waals surface area contributed by atoms with Gasteiger partial charge in [-0.05, 0) is 44.0 Å². The zero-order chi connectivity index (χ0) is 17.3. The average molecular weight is 392 g/mol. The van der Waals surface area contributed by atoms with Crippen molar-refractivity contribution in [2.24, 2.45) is 5.92 Å². The highest BCUT2D eigenvalue weighted by molar-refractivity contribution is 6.40. The number of nitrogens with two attached hydrogens (primary N) is 1. The van der Waals surface area contributed by atoms with Crippen molar-refractivity contribution < 1.29 is 9.59 Å². The Balaban J connectivity index is 0.00000168. The predicted molar refractivity (Wildman–Crippen MR) is 104 cm³/mol. The van der Waals surface area contributed by atoms with Crippen LogP contribution in [0.25, 0.3) is 10.8 Å². The van der Waals surface area contributed by atoms with Crippen LogP contribution in [0.2, 0.25) is 5.02 Å². The molecule has 2 N–H and O–H groups in total. The number of piperidine rings is 3. The summed E-state index contributed by atoms with van der Waals surface area (Å²) in [6, 6.07) is 6.96. The van der Waals surface area contributed by atoms with Gasteiger partial charge in [-0.1, -0.05) is 23.7 Å². The van der Waals surface area contributed by atoms with Crippen LogP contribution in [0.5, 0.6) is 0 Å². The van der Waals surface area contributed by atoms with Crippen molar-refractivity contribution in [1.82, 2.24) is 9.80 Å². The van der Waals surface area contributed by atoms with Gasteiger partial charge in [0.1, 0.15) is 0 Å². The molecule has 7 heteroatoms. The van der Waals surface area contributed by atoms with Gasteiger partial charge in [0.2, 0.25) is 0 Å². The van der Waals surface area contributed by atoms with E-state index in [0.717, 1.165) is 32.5 Å². The number of amides is 2. The van der Waals surface area contributed by atoms with Crippen LogP contribution in [-0.4, -0.2) is 47.3 Å². The van der Waals surface area contributed by atoms with Crippen LogP contribution in [0, 0.1) is 5.92 Å². The first-order valence-corrected chi connectivity index (χ1v) is 9.05. The normalized spacial score (nSPS) is 27.0. The summed E-state index contributed by atoms with van der Waals surface area (Å²) < 4.78 is 0. The summed E-state index contributed by atoms with van der Waals surface area (Å²) in [7, 11) is 0. The van der Waals surface area contributed by atoms with Crippen LogP contribution in [0.3, 0.4) is 0 Å². The van der Waals surface area contributed by atoms with Gasteiger partial charge in [-0.3, -0.25) is 14.5 Å². The minimum Gasteiger partial charge on any atom is -0.397 e. The Morgan fingerprint density at radius 2 is 1.77 bits per heavy atom. The molecule has 4 aliphatic heterocycles. The lowest BCUT2D eigenvalue weighted by molar-refractivity contribution is 0.00882. The molecule has 5 nitrogen and oxygen atoms in total. The topological polar surface area (TPSA) is 66.6 Å². The van der Waals surface area contributed by atoms with Crippen molar-refractivity contribution in [2.75, 3.05) is 25.4 Å². The van der Waals surface area contributed by atoms with Gasteiger partial charge >= 0.3 is 0 Å². The van der Waals surface area contributed by atoms with Crippen molar-refractivity contribution in [3.8, 4) is 0 Å². The fourth-order valence-corrected chi connectivity index (χ4v) is 4.91. The monoisotopic (exact) mass is 391 g/mol. The van der Waals surface area contributed by atoms with Gasteiger partial charge in [0.25, 0.3) is 11.8 Å². The van der Waals surface area contributed by atoms with E-state index in [1.807, 2.05) is 6.07 Å². The highest BCUT2D eigenvalue weighted by Crippen LogP contribution is 2.40. The molecule has 0 saturated carbocycles. The molecule has 1 atom stereocenters. The zero-order valence-electron chi connectivity index (χ0n) is 14.1. The molecule has 2 aromatic carbocycles. The van der Waals surface area contributed by atoms with Crippen molar-refractivity contribution in [1.29, 1.82) is 0 Å². The minimum absolute atomic E-state index is 0. The number of benzene rings is 2. The number of imide groups is 1. The quantitative estimate of drug-likeness (QED) is 0.598. The van der Waals surface area contributed by atoms with E-state index in [2.05, 4.69) is 4.90 Å². The molecule has 4 heterocycles. The Labute approximate surface area is 162 Å². The summed E-state index contributed by atoms with van der Waals surface area (Å²) in [6.45, 7) is 2.90. The van der Waals surface area contributed by atoms with E-state index in [-0.39, 0.29) is 30.3 Å². The SMILES string of the molecule is Cl.Nc1cc2c3c(cccc3c1Cl)C(=O)N(C1CN3CCC1CC3)C2=O. The first-order valence-electron chi connectivity index (χ1n) is 8.67. The molecular weight excluding hydrogens is 373 g/mol. The number of fused-ring (bicyclic) bond motifs is 3. The third-order valence-corrected chi connectivity index (χ3v) is 6.40. The first-order chi connectivity index (χ1) is 12.1. The molecule has 4 aliphatic rings. The highest BCUT2D eigenvalue weighted by Gasteiger charge is 2.45. The number of carbonyl (C=O) groups is 2. The Morgan fingerprint density at radius 3 is 2.42 bits per heavy atom. The number of hydrogen-bond acceptors (Lipinski definition) is 4. The molecule has 26 heavy (non-hydrogen) atoms. The summed E-state index contributed by atoms with van der Waals surface area (Å²) in [4.78, 5) is 30.3. The third-order valence-electron chi connectivity index (χ3n) is 5.98. The summed E-state index contributed by atoms with van der Waals surface area (Å²) in [5.74, 6) is -0.0539. The van der Waals surface area contributed by atoms with Crippen LogP contribution in [0.15, 0.2) is 24.3 Å². The second kappa shape index (κ2) is 6.12. The third kappa shape index (κ3) is 2.27. The smallest absolute Gasteiger partial charge is 0.261 e. The fraction of sp³-hybridized carbons (Fsp3) is 0.368. The lowest BCUT2D eigenvalue weighted by atomic mass is 9.81. The van der Waals surface area contributed by atoms with Crippen LogP contribution >= 0.6 is 24.0 Å². The second-order valence-corrected chi connectivity index (χ2v) is 7.62. The molecule has 1 unspecified atom stereocenters. The van der Waals surface area contributed by atoms with Crippen molar-refractivity contribution in [3.63, 3.8) is 0 Å². The number of anilines is 1. The number of rotatable bonds is 1. The van der Waals surface area contributed by atoms with Gasteiger partial charge in [-0.25, -0.2) is 0 Å². The van der Waals surface area contributed by atoms with E-state index >= 15 is 0 Å². The van der Waals surface area contributed by atoms with Crippen molar-refractivity contribution in [3.05, 3.63) is 40.4 Å². The van der Waals surface area contributed by atoms with Gasteiger partial charge in [-0.2, -0.15) is 0 Å². The molecular formula is C19H19Cl2N3O2. The maximum absolute atomic E-state index is 13.2. The van der Waals surface area contributed by atoms with Gasteiger partial charge < -0.3 is 10.6 Å². The van der Waals surface area contributed by atoms with Gasteiger partial charge in [-0.15, -0.1) is 12.4 Å². The number of carbonyl (C=O) groups excluding carboxylic acids is 2. The number of nitrogens with zero attached hydrogens (tertiary/aromatic N) is 2. The van der Waals surface area contributed by atoms with Crippen molar-refractivity contribution >= 4 is 52.3 Å². The number of hydrogen-bond donors (Lipinski definition) is 1. The molecule has 2 aromatic rings. The predicted octanol–water partition coefficient (Wildman–Crippen LogP) is 3.19. The summed E-state index contributed by atoms with van der Waals surface area (Å²) >= 11 is 6.32.